The summed E-state index contributed by atoms with van der Waals surface area (Å²) in [5, 5.41) is 15.3. The zero-order valence-corrected chi connectivity index (χ0v) is 29.6. The van der Waals surface area contributed by atoms with Crippen LogP contribution in [0.1, 0.15) is 46.0 Å². The predicted octanol–water partition coefficient (Wildman–Crippen LogP) is 5.89. The number of nitrogens with one attached hydrogen (secondary N) is 4. The monoisotopic (exact) mass is 692 g/mol. The molecule has 0 bridgehead atoms. The third-order valence-electron chi connectivity index (χ3n) is 9.67. The minimum Gasteiger partial charge on any atom is -0.350 e. The minimum absolute atomic E-state index is 0.209. The van der Waals surface area contributed by atoms with E-state index in [1.54, 1.807) is 0 Å². The smallest absolute Gasteiger partial charge is 0.251 e. The second-order valence-electron chi connectivity index (χ2n) is 13.2. The van der Waals surface area contributed by atoms with E-state index in [1.807, 2.05) is 99.0 Å². The van der Waals surface area contributed by atoms with E-state index in [0.717, 1.165) is 55.6 Å². The quantitative estimate of drug-likeness (QED) is 0.0997. The Balaban J connectivity index is 0.959. The molecule has 0 spiro atoms. The van der Waals surface area contributed by atoms with Gasteiger partial charge in [-0.25, -0.2) is 9.97 Å². The molecule has 264 valence electrons. The summed E-state index contributed by atoms with van der Waals surface area (Å²) in [6.07, 6.45) is 1.17. The fourth-order valence-corrected chi connectivity index (χ4v) is 6.69. The van der Waals surface area contributed by atoms with Crippen molar-refractivity contribution in [1.29, 1.82) is 0 Å². The molecule has 7 rings (SSSR count). The zero-order valence-electron chi connectivity index (χ0n) is 29.6. The molecular weight excluding hydrogens is 649 g/mol. The molecule has 10 nitrogen and oxygen atoms in total. The second-order valence-corrected chi connectivity index (χ2v) is 13.2. The molecule has 0 aliphatic carbocycles. The Bertz CT molecular complexity index is 2320. The Labute approximate surface area is 303 Å². The summed E-state index contributed by atoms with van der Waals surface area (Å²) in [6.45, 7) is 2.90. The van der Waals surface area contributed by atoms with Crippen LogP contribution in [-0.2, 0) is 45.1 Å². The van der Waals surface area contributed by atoms with Gasteiger partial charge in [-0.15, -0.1) is 0 Å². The van der Waals surface area contributed by atoms with E-state index in [4.69, 9.17) is 9.97 Å². The Morgan fingerprint density at radius 3 is 1.96 bits per heavy atom. The topological polar surface area (TPSA) is 118 Å². The van der Waals surface area contributed by atoms with Gasteiger partial charge in [0.1, 0.15) is 17.7 Å². The molecule has 0 fully saturated rings. The van der Waals surface area contributed by atoms with Crippen molar-refractivity contribution in [2.45, 2.75) is 45.1 Å². The number of hydrogen-bond acceptors (Lipinski definition) is 6. The molecule has 2 amide bonds. The van der Waals surface area contributed by atoms with Crippen molar-refractivity contribution in [3.05, 3.63) is 144 Å². The van der Waals surface area contributed by atoms with E-state index in [0.29, 0.717) is 51.1 Å². The minimum atomic E-state index is -0.699. The summed E-state index contributed by atoms with van der Waals surface area (Å²) in [5.41, 5.74) is 6.72. The molecule has 52 heavy (non-hydrogen) atoms. The first-order valence-corrected chi connectivity index (χ1v) is 17.8. The van der Waals surface area contributed by atoms with Crippen LogP contribution in [0.4, 0.5) is 0 Å². The lowest BCUT2D eigenvalue weighted by Gasteiger charge is -2.19. The number of amides is 2. The molecule has 7 aromatic rings. The average Bonchev–Trinajstić information content (AvgIpc) is 3.68. The molecule has 0 aliphatic heterocycles. The molecule has 10 heteroatoms. The van der Waals surface area contributed by atoms with Gasteiger partial charge in [-0.3, -0.25) is 9.59 Å². The van der Waals surface area contributed by atoms with Gasteiger partial charge in [0.2, 0.25) is 5.91 Å². The number of imidazole rings is 2. The lowest BCUT2D eigenvalue weighted by molar-refractivity contribution is -0.123. The fourth-order valence-electron chi connectivity index (χ4n) is 6.69. The number of carbonyl (C=O) groups is 2. The van der Waals surface area contributed by atoms with Crippen LogP contribution in [0.25, 0.3) is 32.8 Å². The summed E-state index contributed by atoms with van der Waals surface area (Å²) in [5.74, 6) is 1.42. The number of aromatic nitrogens is 4. The van der Waals surface area contributed by atoms with Crippen LogP contribution < -0.4 is 21.3 Å². The standard InChI is InChI=1S/C42H44N8O2/c1-49-37-18-7-5-15-34(37)46-39(49)27-43-24-10-17-36(42(52)45-26-32-13-9-12-30-11-3-4-14-33(30)32)48-41(51)31-22-20-29(21-23-31)25-44-28-40-47-35-16-6-8-19-38(35)50(40)2/h3-9,11-16,18-23,36,43-44H,10,17,24-28H2,1-2H3,(H,45,52)(H,48,51)/t36-/m0/s1. The van der Waals surface area contributed by atoms with Crippen LogP contribution >= 0.6 is 0 Å². The van der Waals surface area contributed by atoms with Crippen molar-refractivity contribution < 1.29 is 9.59 Å². The molecule has 5 aromatic carbocycles. The van der Waals surface area contributed by atoms with Gasteiger partial charge in [0.05, 0.1) is 35.2 Å². The summed E-state index contributed by atoms with van der Waals surface area (Å²) in [7, 11) is 4.04. The molecule has 0 saturated carbocycles. The van der Waals surface area contributed by atoms with Crippen molar-refractivity contribution in [3.8, 4) is 0 Å². The third kappa shape index (κ3) is 7.88. The van der Waals surface area contributed by atoms with Crippen molar-refractivity contribution in [2.24, 2.45) is 14.1 Å². The van der Waals surface area contributed by atoms with Gasteiger partial charge in [-0.05, 0) is 77.7 Å². The molecule has 0 saturated heterocycles. The van der Waals surface area contributed by atoms with E-state index in [1.165, 1.54) is 0 Å². The van der Waals surface area contributed by atoms with Crippen molar-refractivity contribution in [3.63, 3.8) is 0 Å². The average molecular weight is 693 g/mol. The summed E-state index contributed by atoms with van der Waals surface area (Å²) in [4.78, 5) is 36.6. The zero-order chi connectivity index (χ0) is 35.9. The van der Waals surface area contributed by atoms with E-state index in [2.05, 4.69) is 60.7 Å². The van der Waals surface area contributed by atoms with E-state index >= 15 is 0 Å². The number of nitrogens with zero attached hydrogens (tertiary/aromatic N) is 4. The van der Waals surface area contributed by atoms with E-state index in [-0.39, 0.29) is 11.8 Å². The third-order valence-corrected chi connectivity index (χ3v) is 9.67. The molecule has 0 radical (unpaired) electrons. The maximum absolute atomic E-state index is 13.6. The van der Waals surface area contributed by atoms with Crippen LogP contribution in [0.5, 0.6) is 0 Å². The molecule has 0 aliphatic rings. The first-order chi connectivity index (χ1) is 25.4. The maximum Gasteiger partial charge on any atom is 0.251 e. The van der Waals surface area contributed by atoms with Crippen molar-refractivity contribution in [1.82, 2.24) is 40.4 Å². The highest BCUT2D eigenvalue weighted by Gasteiger charge is 2.21. The SMILES string of the molecule is Cn1c(CNCCC[C@H](NC(=O)c2ccc(CNCc3nc4ccccc4n3C)cc2)C(=O)NCc2cccc3ccccc23)nc2ccccc21. The van der Waals surface area contributed by atoms with E-state index < -0.39 is 6.04 Å². The highest BCUT2D eigenvalue weighted by Crippen LogP contribution is 2.19. The Morgan fingerprint density at radius 2 is 1.27 bits per heavy atom. The number of rotatable bonds is 15. The summed E-state index contributed by atoms with van der Waals surface area (Å²) >= 11 is 0. The van der Waals surface area contributed by atoms with Crippen molar-refractivity contribution in [2.75, 3.05) is 6.54 Å². The Kier molecular flexibility index (Phi) is 10.7. The number of para-hydroxylation sites is 4. The number of hydrogen-bond donors (Lipinski definition) is 4. The van der Waals surface area contributed by atoms with E-state index in [9.17, 15) is 9.59 Å². The van der Waals surface area contributed by atoms with Crippen LogP contribution in [0, 0.1) is 0 Å². The van der Waals surface area contributed by atoms with Gasteiger partial charge in [0, 0.05) is 32.7 Å². The van der Waals surface area contributed by atoms with Gasteiger partial charge in [-0.1, -0.05) is 78.9 Å². The van der Waals surface area contributed by atoms with Gasteiger partial charge >= 0.3 is 0 Å². The largest absolute Gasteiger partial charge is 0.350 e. The highest BCUT2D eigenvalue weighted by molar-refractivity contribution is 5.97. The van der Waals surface area contributed by atoms with Crippen molar-refractivity contribution >= 4 is 44.7 Å². The second kappa shape index (κ2) is 16.0. The first-order valence-electron chi connectivity index (χ1n) is 17.8. The van der Waals surface area contributed by atoms with Crippen LogP contribution in [0.3, 0.4) is 0 Å². The van der Waals surface area contributed by atoms with Gasteiger partial charge in [0.15, 0.2) is 0 Å². The summed E-state index contributed by atoms with van der Waals surface area (Å²) < 4.78 is 4.19. The highest BCUT2D eigenvalue weighted by atomic mass is 16.2. The number of fused-ring (bicyclic) bond motifs is 3. The first kappa shape index (κ1) is 34.6. The van der Waals surface area contributed by atoms with Gasteiger partial charge < -0.3 is 30.4 Å². The van der Waals surface area contributed by atoms with Gasteiger partial charge in [0.25, 0.3) is 5.91 Å². The number of aryl methyl sites for hydroxylation is 2. The van der Waals surface area contributed by atoms with Crippen LogP contribution in [-0.4, -0.2) is 43.5 Å². The normalized spacial score (nSPS) is 12.0. The fraction of sp³-hybridized carbons (Fsp3) is 0.238. The van der Waals surface area contributed by atoms with Crippen LogP contribution in [0.15, 0.2) is 115 Å². The Hall–Kier alpha value is -5.84. The van der Waals surface area contributed by atoms with Gasteiger partial charge in [-0.2, -0.15) is 0 Å². The molecule has 0 unspecified atom stereocenters. The molecule has 2 aromatic heterocycles. The molecule has 2 heterocycles. The lowest BCUT2D eigenvalue weighted by Crippen LogP contribution is -2.46. The molecule has 4 N–H and O–H groups in total. The Morgan fingerprint density at radius 1 is 0.654 bits per heavy atom. The molecular formula is C42H44N8O2. The number of benzene rings is 5. The van der Waals surface area contributed by atoms with Crippen LogP contribution in [0.2, 0.25) is 0 Å². The molecule has 1 atom stereocenters. The maximum atomic E-state index is 13.6. The summed E-state index contributed by atoms with van der Waals surface area (Å²) in [6, 6.07) is 37.2. The predicted molar refractivity (Wildman–Crippen MR) is 206 cm³/mol. The number of carbonyl (C=O) groups excluding carboxylic acids is 2. The lowest BCUT2D eigenvalue weighted by atomic mass is 10.0.